The molecule has 0 unspecified atom stereocenters. The number of thiocarbonyl (C=S) groups is 1. The van der Waals surface area contributed by atoms with Crippen molar-refractivity contribution in [1.29, 1.82) is 0 Å². The van der Waals surface area contributed by atoms with Crippen LogP contribution in [0.2, 0.25) is 0 Å². The van der Waals surface area contributed by atoms with Gasteiger partial charge >= 0.3 is 0 Å². The fourth-order valence-electron chi connectivity index (χ4n) is 1.75. The first-order valence-electron chi connectivity index (χ1n) is 5.92. The van der Waals surface area contributed by atoms with E-state index in [2.05, 4.69) is 29.6 Å². The summed E-state index contributed by atoms with van der Waals surface area (Å²) in [5.74, 6) is 0.631. The fourth-order valence-corrected chi connectivity index (χ4v) is 1.86. The van der Waals surface area contributed by atoms with Crippen molar-refractivity contribution in [2.75, 3.05) is 18.2 Å². The normalized spacial score (nSPS) is 10.0. The van der Waals surface area contributed by atoms with E-state index in [-0.39, 0.29) is 0 Å². The zero-order valence-electron chi connectivity index (χ0n) is 10.9. The summed E-state index contributed by atoms with van der Waals surface area (Å²) in [6, 6.07) is 14.0. The van der Waals surface area contributed by atoms with Crippen LogP contribution in [-0.2, 0) is 0 Å². The first-order valence-corrected chi connectivity index (χ1v) is 6.33. The Morgan fingerprint density at radius 2 is 1.79 bits per heavy atom. The topological polar surface area (TPSA) is 47.3 Å². The molecule has 98 valence electrons. The molecule has 0 aromatic heterocycles. The lowest BCUT2D eigenvalue weighted by Gasteiger charge is -2.11. The van der Waals surface area contributed by atoms with Crippen LogP contribution in [0, 0.1) is 0 Å². The SMILES string of the molecule is COc1c(N)cccc1NC(C)=S.c1cc2cc-2c1. The predicted molar refractivity (Wildman–Crippen MR) is 84.7 cm³/mol. The molecule has 2 aliphatic carbocycles. The molecule has 0 saturated carbocycles. The number of nitrogens with one attached hydrogen (secondary N) is 1. The lowest BCUT2D eigenvalue weighted by Crippen LogP contribution is -2.06. The second-order valence-electron chi connectivity index (χ2n) is 4.19. The minimum absolute atomic E-state index is 0.601. The molecule has 2 aliphatic rings. The number of hydrogen-bond acceptors (Lipinski definition) is 3. The number of ether oxygens (including phenoxy) is 1. The average molecular weight is 272 g/mol. The Bertz CT molecular complexity index is 594. The number of benzene rings is 2. The van der Waals surface area contributed by atoms with Crippen LogP contribution in [0.3, 0.4) is 0 Å². The van der Waals surface area contributed by atoms with Crippen molar-refractivity contribution < 1.29 is 4.74 Å². The summed E-state index contributed by atoms with van der Waals surface area (Å²) in [5, 5.41) is 2.99. The number of fused-ring (bicyclic) bond motifs is 1. The van der Waals surface area contributed by atoms with Gasteiger partial charge in [-0.25, -0.2) is 0 Å². The quantitative estimate of drug-likeness (QED) is 0.551. The van der Waals surface area contributed by atoms with Gasteiger partial charge in [0, 0.05) is 0 Å². The highest BCUT2D eigenvalue weighted by atomic mass is 32.1. The van der Waals surface area contributed by atoms with Gasteiger partial charge in [0.25, 0.3) is 0 Å². The first kappa shape index (κ1) is 13.4. The Kier molecular flexibility index (Phi) is 4.02. The molecule has 1 aromatic carbocycles. The van der Waals surface area contributed by atoms with E-state index in [9.17, 15) is 0 Å². The number of methoxy groups -OCH3 is 1. The van der Waals surface area contributed by atoms with E-state index in [4.69, 9.17) is 22.7 Å². The van der Waals surface area contributed by atoms with Crippen molar-refractivity contribution >= 4 is 28.6 Å². The fraction of sp³-hybridized carbons (Fsp3) is 0.133. The maximum atomic E-state index is 5.70. The summed E-state index contributed by atoms with van der Waals surface area (Å²) in [6.07, 6.45) is 0. The van der Waals surface area contributed by atoms with Crippen molar-refractivity contribution in [2.45, 2.75) is 6.92 Å². The van der Waals surface area contributed by atoms with Gasteiger partial charge in [0.05, 0.1) is 23.5 Å². The molecule has 0 aliphatic heterocycles. The summed E-state index contributed by atoms with van der Waals surface area (Å²) in [4.78, 5) is 0.684. The number of nitrogens with two attached hydrogens (primary N) is 1. The largest absolute Gasteiger partial charge is 0.492 e. The van der Waals surface area contributed by atoms with Crippen molar-refractivity contribution in [3.8, 4) is 16.9 Å². The summed E-state index contributed by atoms with van der Waals surface area (Å²) in [5.41, 5.74) is 9.95. The van der Waals surface area contributed by atoms with Gasteiger partial charge in [-0.05, 0) is 36.2 Å². The Morgan fingerprint density at radius 3 is 2.21 bits per heavy atom. The van der Waals surface area contributed by atoms with Crippen LogP contribution in [0.4, 0.5) is 11.4 Å². The molecular weight excluding hydrogens is 256 g/mol. The number of rotatable bonds is 2. The van der Waals surface area contributed by atoms with Crippen molar-refractivity contribution in [1.82, 2.24) is 0 Å². The van der Waals surface area contributed by atoms with E-state index in [0.29, 0.717) is 16.4 Å². The summed E-state index contributed by atoms with van der Waals surface area (Å²) in [7, 11) is 1.58. The van der Waals surface area contributed by atoms with Gasteiger partial charge in [-0.15, -0.1) is 0 Å². The molecule has 0 heterocycles. The Balaban J connectivity index is 0.000000180. The van der Waals surface area contributed by atoms with Crippen LogP contribution >= 0.6 is 12.2 Å². The highest BCUT2D eigenvalue weighted by molar-refractivity contribution is 7.80. The van der Waals surface area contributed by atoms with Crippen molar-refractivity contribution in [3.05, 3.63) is 42.5 Å². The Morgan fingerprint density at radius 1 is 1.16 bits per heavy atom. The molecule has 0 spiro atoms. The zero-order chi connectivity index (χ0) is 13.8. The van der Waals surface area contributed by atoms with Crippen LogP contribution < -0.4 is 15.8 Å². The average Bonchev–Trinajstić information content (AvgIpc) is 2.96. The molecule has 0 atom stereocenters. The van der Waals surface area contributed by atoms with E-state index in [0.717, 1.165) is 5.69 Å². The standard InChI is InChI=1S/C9H12N2OS.C6H4/c1-6(13)11-8-5-3-4-7(10)9(8)12-2;1-2-5-4-6(5)3-1/h3-5H,10H2,1-2H3,(H,11,13);1-4H. The predicted octanol–water partition coefficient (Wildman–Crippen LogP) is 3.70. The van der Waals surface area contributed by atoms with Gasteiger partial charge in [0.2, 0.25) is 0 Å². The first-order chi connectivity index (χ1) is 9.11. The van der Waals surface area contributed by atoms with E-state index < -0.39 is 0 Å². The molecule has 1 aromatic rings. The van der Waals surface area contributed by atoms with E-state index in [1.54, 1.807) is 20.1 Å². The van der Waals surface area contributed by atoms with Crippen LogP contribution in [0.1, 0.15) is 6.92 Å². The van der Waals surface area contributed by atoms with Crippen LogP contribution in [-0.4, -0.2) is 12.1 Å². The molecule has 0 radical (unpaired) electrons. The van der Waals surface area contributed by atoms with Gasteiger partial charge in [-0.1, -0.05) is 36.5 Å². The zero-order valence-corrected chi connectivity index (χ0v) is 11.8. The molecule has 0 amide bonds. The third-order valence-electron chi connectivity index (χ3n) is 2.67. The monoisotopic (exact) mass is 272 g/mol. The molecule has 4 heteroatoms. The summed E-state index contributed by atoms with van der Waals surface area (Å²) < 4.78 is 5.13. The van der Waals surface area contributed by atoms with E-state index in [1.165, 1.54) is 11.1 Å². The summed E-state index contributed by atoms with van der Waals surface area (Å²) in [6.45, 7) is 1.80. The minimum Gasteiger partial charge on any atom is -0.492 e. The van der Waals surface area contributed by atoms with Gasteiger partial charge < -0.3 is 15.8 Å². The highest BCUT2D eigenvalue weighted by Crippen LogP contribution is 2.32. The third-order valence-corrected chi connectivity index (χ3v) is 2.77. The van der Waals surface area contributed by atoms with E-state index >= 15 is 0 Å². The molecule has 19 heavy (non-hydrogen) atoms. The maximum absolute atomic E-state index is 5.70. The highest BCUT2D eigenvalue weighted by Gasteiger charge is 2.07. The smallest absolute Gasteiger partial charge is 0.165 e. The molecule has 3 rings (SSSR count). The van der Waals surface area contributed by atoms with Gasteiger partial charge in [0.15, 0.2) is 5.75 Å². The molecule has 0 bridgehead atoms. The maximum Gasteiger partial charge on any atom is 0.165 e. The number of hydrogen-bond donors (Lipinski definition) is 2. The Labute approximate surface area is 118 Å². The number of nitrogen functional groups attached to an aromatic ring is 1. The van der Waals surface area contributed by atoms with E-state index in [1.807, 2.05) is 12.1 Å². The number of para-hydroxylation sites is 1. The summed E-state index contributed by atoms with van der Waals surface area (Å²) >= 11 is 4.92. The Hall–Kier alpha value is -2.07. The van der Waals surface area contributed by atoms with Crippen LogP contribution in [0.15, 0.2) is 42.5 Å². The molecule has 3 N–H and O–H groups in total. The number of anilines is 2. The van der Waals surface area contributed by atoms with Gasteiger partial charge in [0.1, 0.15) is 0 Å². The lowest BCUT2D eigenvalue weighted by atomic mass is 10.2. The van der Waals surface area contributed by atoms with Gasteiger partial charge in [-0.3, -0.25) is 0 Å². The van der Waals surface area contributed by atoms with Gasteiger partial charge in [-0.2, -0.15) is 0 Å². The minimum atomic E-state index is 0.601. The lowest BCUT2D eigenvalue weighted by molar-refractivity contribution is 0.419. The van der Waals surface area contributed by atoms with Crippen molar-refractivity contribution in [3.63, 3.8) is 0 Å². The third kappa shape index (κ3) is 3.45. The van der Waals surface area contributed by atoms with Crippen LogP contribution in [0.25, 0.3) is 11.1 Å². The molecular formula is C15H16N2OS. The molecule has 0 fully saturated rings. The van der Waals surface area contributed by atoms with Crippen LogP contribution in [0.5, 0.6) is 5.75 Å². The molecule has 0 saturated heterocycles. The molecule has 3 nitrogen and oxygen atoms in total. The second kappa shape index (κ2) is 5.71. The second-order valence-corrected chi connectivity index (χ2v) is 4.80. The van der Waals surface area contributed by atoms with Crippen molar-refractivity contribution in [2.24, 2.45) is 0 Å².